The SMILES string of the molecule is NNC(=Nc1ccc(S(N)(=O)=O)cc1)Nc1ccccc1. The van der Waals surface area contributed by atoms with Crippen molar-refractivity contribution in [1.29, 1.82) is 0 Å². The fourth-order valence-electron chi connectivity index (χ4n) is 1.59. The Morgan fingerprint density at radius 3 is 2.14 bits per heavy atom. The van der Waals surface area contributed by atoms with E-state index in [1.165, 1.54) is 24.3 Å². The summed E-state index contributed by atoms with van der Waals surface area (Å²) in [5, 5.41) is 8.02. The molecule has 0 fully saturated rings. The fourth-order valence-corrected chi connectivity index (χ4v) is 2.11. The molecule has 0 aliphatic heterocycles. The zero-order chi connectivity index (χ0) is 15.3. The van der Waals surface area contributed by atoms with Crippen molar-refractivity contribution in [3.05, 3.63) is 54.6 Å². The molecule has 0 amide bonds. The highest BCUT2D eigenvalue weighted by Gasteiger charge is 2.06. The van der Waals surface area contributed by atoms with E-state index in [4.69, 9.17) is 11.0 Å². The summed E-state index contributed by atoms with van der Waals surface area (Å²) in [5.41, 5.74) is 3.78. The zero-order valence-electron chi connectivity index (χ0n) is 11.0. The molecule has 0 aliphatic carbocycles. The van der Waals surface area contributed by atoms with Gasteiger partial charge in [-0.05, 0) is 36.4 Å². The topological polar surface area (TPSA) is 123 Å². The molecule has 6 N–H and O–H groups in total. The maximum absolute atomic E-state index is 11.2. The number of primary sulfonamides is 1. The number of sulfonamides is 1. The van der Waals surface area contributed by atoms with Gasteiger partial charge < -0.3 is 5.32 Å². The number of hydrogen-bond acceptors (Lipinski definition) is 4. The van der Waals surface area contributed by atoms with Crippen molar-refractivity contribution in [2.45, 2.75) is 4.90 Å². The number of para-hydroxylation sites is 1. The second-order valence-electron chi connectivity index (χ2n) is 4.13. The summed E-state index contributed by atoms with van der Waals surface area (Å²) in [5.74, 6) is 5.73. The molecule has 0 saturated heterocycles. The van der Waals surface area contributed by atoms with Crippen LogP contribution in [0.4, 0.5) is 11.4 Å². The second kappa shape index (κ2) is 6.35. The molecule has 0 heterocycles. The highest BCUT2D eigenvalue weighted by molar-refractivity contribution is 7.89. The van der Waals surface area contributed by atoms with Crippen LogP contribution in [0.2, 0.25) is 0 Å². The predicted molar refractivity (Wildman–Crippen MR) is 82.3 cm³/mol. The lowest BCUT2D eigenvalue weighted by molar-refractivity contribution is 0.598. The molecule has 8 heteroatoms. The fraction of sp³-hybridized carbons (Fsp3) is 0. The normalized spacial score (nSPS) is 12.0. The van der Waals surface area contributed by atoms with Gasteiger partial charge in [-0.1, -0.05) is 18.2 Å². The second-order valence-corrected chi connectivity index (χ2v) is 5.70. The van der Waals surface area contributed by atoms with Crippen molar-refractivity contribution in [2.75, 3.05) is 5.32 Å². The molecule has 0 aromatic heterocycles. The number of nitrogens with two attached hydrogens (primary N) is 2. The maximum Gasteiger partial charge on any atom is 0.238 e. The molecule has 110 valence electrons. The summed E-state index contributed by atoms with van der Waals surface area (Å²) in [6.45, 7) is 0. The molecule has 21 heavy (non-hydrogen) atoms. The lowest BCUT2D eigenvalue weighted by Gasteiger charge is -2.08. The minimum atomic E-state index is -3.71. The molecule has 0 saturated carbocycles. The molecule has 2 rings (SSSR count). The average molecular weight is 305 g/mol. The summed E-state index contributed by atoms with van der Waals surface area (Å²) < 4.78 is 22.3. The van der Waals surface area contributed by atoms with Crippen LogP contribution in [-0.2, 0) is 10.0 Å². The van der Waals surface area contributed by atoms with Crippen molar-refractivity contribution in [1.82, 2.24) is 5.43 Å². The number of hydrazine groups is 1. The standard InChI is InChI=1S/C13H15N5O2S/c14-18-13(16-10-4-2-1-3-5-10)17-11-6-8-12(9-7-11)21(15,19)20/h1-9H,14H2,(H2,15,19,20)(H2,16,17,18). The first-order valence-electron chi connectivity index (χ1n) is 5.99. The molecule has 0 atom stereocenters. The Labute approximate surface area is 122 Å². The van der Waals surface area contributed by atoms with Gasteiger partial charge in [0.25, 0.3) is 0 Å². The van der Waals surface area contributed by atoms with Gasteiger partial charge in [-0.25, -0.2) is 24.4 Å². The monoisotopic (exact) mass is 305 g/mol. The molecule has 2 aromatic carbocycles. The minimum absolute atomic E-state index is 0.0275. The van der Waals surface area contributed by atoms with E-state index >= 15 is 0 Å². The van der Waals surface area contributed by atoms with Gasteiger partial charge in [0.2, 0.25) is 16.0 Å². The van der Waals surface area contributed by atoms with Crippen LogP contribution in [-0.4, -0.2) is 14.4 Å². The van der Waals surface area contributed by atoms with Crippen LogP contribution >= 0.6 is 0 Å². The number of guanidine groups is 1. The van der Waals surface area contributed by atoms with E-state index in [-0.39, 0.29) is 4.90 Å². The van der Waals surface area contributed by atoms with Crippen molar-refractivity contribution in [3.8, 4) is 0 Å². The largest absolute Gasteiger partial charge is 0.325 e. The smallest absolute Gasteiger partial charge is 0.238 e. The van der Waals surface area contributed by atoms with Gasteiger partial charge in [0.05, 0.1) is 10.6 Å². The molecule has 7 nitrogen and oxygen atoms in total. The van der Waals surface area contributed by atoms with Crippen molar-refractivity contribution < 1.29 is 8.42 Å². The van der Waals surface area contributed by atoms with Crippen molar-refractivity contribution in [3.63, 3.8) is 0 Å². The van der Waals surface area contributed by atoms with Gasteiger partial charge in [0, 0.05) is 5.69 Å². The Balaban J connectivity index is 2.20. The Morgan fingerprint density at radius 1 is 1.00 bits per heavy atom. The number of hydrogen-bond donors (Lipinski definition) is 4. The van der Waals surface area contributed by atoms with Crippen LogP contribution in [0.1, 0.15) is 0 Å². The first kappa shape index (κ1) is 15.0. The lowest BCUT2D eigenvalue weighted by Crippen LogP contribution is -2.35. The van der Waals surface area contributed by atoms with Gasteiger partial charge in [-0.2, -0.15) is 0 Å². The summed E-state index contributed by atoms with van der Waals surface area (Å²) in [6, 6.07) is 15.2. The first-order chi connectivity index (χ1) is 9.99. The predicted octanol–water partition coefficient (Wildman–Crippen LogP) is 0.897. The van der Waals surface area contributed by atoms with E-state index in [0.29, 0.717) is 11.6 Å². The number of rotatable bonds is 3. The first-order valence-corrected chi connectivity index (χ1v) is 7.54. The summed E-state index contributed by atoms with van der Waals surface area (Å²) in [6.07, 6.45) is 0. The molecule has 0 bridgehead atoms. The van der Waals surface area contributed by atoms with E-state index in [9.17, 15) is 8.42 Å². The van der Waals surface area contributed by atoms with Crippen LogP contribution in [0, 0.1) is 0 Å². The Hall–Kier alpha value is -2.42. The molecule has 0 spiro atoms. The summed E-state index contributed by atoms with van der Waals surface area (Å²) in [7, 11) is -3.71. The van der Waals surface area contributed by atoms with Crippen LogP contribution < -0.4 is 21.7 Å². The van der Waals surface area contributed by atoms with Crippen LogP contribution in [0.25, 0.3) is 0 Å². The maximum atomic E-state index is 11.2. The summed E-state index contributed by atoms with van der Waals surface area (Å²) >= 11 is 0. The van der Waals surface area contributed by atoms with E-state index in [1.54, 1.807) is 0 Å². The number of benzene rings is 2. The molecule has 2 aromatic rings. The third-order valence-corrected chi connectivity index (χ3v) is 3.51. The highest BCUT2D eigenvalue weighted by atomic mass is 32.2. The van der Waals surface area contributed by atoms with Crippen LogP contribution in [0.3, 0.4) is 0 Å². The molecule has 0 radical (unpaired) electrons. The van der Waals surface area contributed by atoms with Gasteiger partial charge in [0.1, 0.15) is 0 Å². The van der Waals surface area contributed by atoms with E-state index in [0.717, 1.165) is 5.69 Å². The Morgan fingerprint density at radius 2 is 1.62 bits per heavy atom. The molecule has 0 aliphatic rings. The van der Waals surface area contributed by atoms with Crippen molar-refractivity contribution >= 4 is 27.4 Å². The Bertz CT molecular complexity index is 727. The third-order valence-electron chi connectivity index (χ3n) is 2.58. The van der Waals surface area contributed by atoms with E-state index in [1.807, 2.05) is 30.3 Å². The number of anilines is 1. The highest BCUT2D eigenvalue weighted by Crippen LogP contribution is 2.16. The molecular formula is C13H15N5O2S. The van der Waals surface area contributed by atoms with Crippen LogP contribution in [0.5, 0.6) is 0 Å². The van der Waals surface area contributed by atoms with Crippen molar-refractivity contribution in [2.24, 2.45) is 16.0 Å². The van der Waals surface area contributed by atoms with Gasteiger partial charge >= 0.3 is 0 Å². The quantitative estimate of drug-likeness (QED) is 0.290. The lowest BCUT2D eigenvalue weighted by atomic mass is 10.3. The van der Waals surface area contributed by atoms with E-state index in [2.05, 4.69) is 15.7 Å². The number of nitrogens with zero attached hydrogens (tertiary/aromatic N) is 1. The minimum Gasteiger partial charge on any atom is -0.325 e. The molecule has 0 unspecified atom stereocenters. The van der Waals surface area contributed by atoms with Gasteiger partial charge in [-0.15, -0.1) is 0 Å². The third kappa shape index (κ3) is 4.28. The van der Waals surface area contributed by atoms with Gasteiger partial charge in [-0.3, -0.25) is 5.43 Å². The summed E-state index contributed by atoms with van der Waals surface area (Å²) in [4.78, 5) is 4.26. The van der Waals surface area contributed by atoms with Gasteiger partial charge in [0.15, 0.2) is 0 Å². The zero-order valence-corrected chi connectivity index (χ0v) is 11.8. The van der Waals surface area contributed by atoms with Crippen LogP contribution in [0.15, 0.2) is 64.5 Å². The van der Waals surface area contributed by atoms with E-state index < -0.39 is 10.0 Å². The average Bonchev–Trinajstić information content (AvgIpc) is 2.47. The number of aliphatic imine (C=N–C) groups is 1. The number of nitrogens with one attached hydrogen (secondary N) is 2. The molecular weight excluding hydrogens is 290 g/mol. The Kier molecular flexibility index (Phi) is 4.53.